The fraction of sp³-hybridized carbons (Fsp3) is 0.333. The summed E-state index contributed by atoms with van der Waals surface area (Å²) in [7, 11) is 0. The highest BCUT2D eigenvalue weighted by Crippen LogP contribution is 2.14. The number of nitrogens with zero attached hydrogens (tertiary/aromatic N) is 1. The van der Waals surface area contributed by atoms with E-state index in [4.69, 9.17) is 10.8 Å². The smallest absolute Gasteiger partial charge is 0.133 e. The summed E-state index contributed by atoms with van der Waals surface area (Å²) < 4.78 is 0. The molecule has 1 aliphatic heterocycles. The molecule has 15 heavy (non-hydrogen) atoms. The summed E-state index contributed by atoms with van der Waals surface area (Å²) >= 11 is 0. The van der Waals surface area contributed by atoms with E-state index in [1.165, 1.54) is 0 Å². The molecule has 1 aromatic rings. The highest BCUT2D eigenvalue weighted by atomic mass is 15.2. The van der Waals surface area contributed by atoms with Crippen LogP contribution in [0, 0.1) is 10.8 Å². The standard InChI is InChI=1S/C12H15N3/c13-11-8-4-5-9-15(11)12(14)10-6-2-1-3-7-10/h1-3,6-7,13-14H,4-5,8-9H2. The summed E-state index contributed by atoms with van der Waals surface area (Å²) in [5, 5.41) is 15.9. The third-order valence-corrected chi connectivity index (χ3v) is 2.69. The first-order valence-corrected chi connectivity index (χ1v) is 5.28. The molecule has 1 saturated heterocycles. The molecule has 0 unspecified atom stereocenters. The maximum atomic E-state index is 8.04. The van der Waals surface area contributed by atoms with Crippen molar-refractivity contribution in [2.75, 3.05) is 6.54 Å². The number of nitrogens with one attached hydrogen (secondary N) is 2. The minimum Gasteiger partial charge on any atom is -0.315 e. The molecule has 3 heteroatoms. The Morgan fingerprint density at radius 2 is 1.87 bits per heavy atom. The van der Waals surface area contributed by atoms with Crippen LogP contribution in [0.2, 0.25) is 0 Å². The van der Waals surface area contributed by atoms with Crippen LogP contribution in [0.25, 0.3) is 0 Å². The second-order valence-corrected chi connectivity index (χ2v) is 3.77. The Bertz CT molecular complexity index is 370. The average molecular weight is 201 g/mol. The van der Waals surface area contributed by atoms with Crippen LogP contribution in [-0.4, -0.2) is 23.1 Å². The number of rotatable bonds is 1. The molecule has 0 saturated carbocycles. The third-order valence-electron chi connectivity index (χ3n) is 2.69. The van der Waals surface area contributed by atoms with Crippen LogP contribution in [0.4, 0.5) is 0 Å². The molecule has 0 aromatic heterocycles. The van der Waals surface area contributed by atoms with Crippen molar-refractivity contribution in [1.29, 1.82) is 10.8 Å². The fourth-order valence-corrected chi connectivity index (χ4v) is 1.83. The molecule has 0 spiro atoms. The summed E-state index contributed by atoms with van der Waals surface area (Å²) in [6.45, 7) is 0.812. The molecular weight excluding hydrogens is 186 g/mol. The van der Waals surface area contributed by atoms with E-state index in [9.17, 15) is 0 Å². The van der Waals surface area contributed by atoms with Gasteiger partial charge < -0.3 is 4.90 Å². The van der Waals surface area contributed by atoms with Crippen molar-refractivity contribution in [3.05, 3.63) is 35.9 Å². The molecule has 3 nitrogen and oxygen atoms in total. The van der Waals surface area contributed by atoms with Crippen molar-refractivity contribution in [2.24, 2.45) is 0 Å². The summed E-state index contributed by atoms with van der Waals surface area (Å²) in [5.74, 6) is 1.04. The highest BCUT2D eigenvalue weighted by Gasteiger charge is 2.19. The molecule has 0 bridgehead atoms. The topological polar surface area (TPSA) is 50.9 Å². The number of likely N-dealkylation sites (tertiary alicyclic amines) is 1. The van der Waals surface area contributed by atoms with Crippen molar-refractivity contribution in [1.82, 2.24) is 4.90 Å². The van der Waals surface area contributed by atoms with Crippen LogP contribution in [0.1, 0.15) is 24.8 Å². The SMILES string of the molecule is N=C1CCCCN1C(=N)c1ccccc1. The van der Waals surface area contributed by atoms with Gasteiger partial charge in [-0.05, 0) is 12.8 Å². The second kappa shape index (κ2) is 4.26. The quantitative estimate of drug-likeness (QED) is 0.532. The lowest BCUT2D eigenvalue weighted by Gasteiger charge is -2.29. The molecule has 1 heterocycles. The van der Waals surface area contributed by atoms with Gasteiger partial charge in [0.05, 0.1) is 0 Å². The number of amidine groups is 2. The van der Waals surface area contributed by atoms with Crippen LogP contribution in [-0.2, 0) is 0 Å². The fourth-order valence-electron chi connectivity index (χ4n) is 1.83. The largest absolute Gasteiger partial charge is 0.315 e. The van der Waals surface area contributed by atoms with Crippen LogP contribution in [0.3, 0.4) is 0 Å². The lowest BCUT2D eigenvalue weighted by atomic mass is 10.1. The van der Waals surface area contributed by atoms with Gasteiger partial charge in [-0.2, -0.15) is 0 Å². The van der Waals surface area contributed by atoms with Crippen molar-refractivity contribution in [3.63, 3.8) is 0 Å². The molecular formula is C12H15N3. The van der Waals surface area contributed by atoms with Gasteiger partial charge in [0.25, 0.3) is 0 Å². The van der Waals surface area contributed by atoms with Gasteiger partial charge >= 0.3 is 0 Å². The minimum atomic E-state index is 0.459. The maximum absolute atomic E-state index is 8.04. The Morgan fingerprint density at radius 1 is 1.13 bits per heavy atom. The Kier molecular flexibility index (Phi) is 2.81. The van der Waals surface area contributed by atoms with Crippen molar-refractivity contribution in [2.45, 2.75) is 19.3 Å². The zero-order valence-corrected chi connectivity index (χ0v) is 8.66. The van der Waals surface area contributed by atoms with E-state index in [2.05, 4.69) is 0 Å². The highest BCUT2D eigenvalue weighted by molar-refractivity contribution is 6.07. The number of benzene rings is 1. The van der Waals surface area contributed by atoms with Gasteiger partial charge in [0.15, 0.2) is 0 Å². The van der Waals surface area contributed by atoms with E-state index < -0.39 is 0 Å². The monoisotopic (exact) mass is 201 g/mol. The van der Waals surface area contributed by atoms with E-state index in [0.717, 1.165) is 31.4 Å². The molecule has 0 radical (unpaired) electrons. The Morgan fingerprint density at radius 3 is 2.53 bits per heavy atom. The first-order chi connectivity index (χ1) is 7.29. The molecule has 1 fully saturated rings. The summed E-state index contributed by atoms with van der Waals surface area (Å²) in [5.41, 5.74) is 0.893. The Hall–Kier alpha value is -1.64. The molecule has 2 rings (SSSR count). The first-order valence-electron chi connectivity index (χ1n) is 5.28. The molecule has 0 aliphatic carbocycles. The van der Waals surface area contributed by atoms with Gasteiger partial charge in [-0.1, -0.05) is 30.3 Å². The van der Waals surface area contributed by atoms with Gasteiger partial charge in [0.2, 0.25) is 0 Å². The zero-order chi connectivity index (χ0) is 10.7. The molecule has 0 atom stereocenters. The third kappa shape index (κ3) is 2.06. The minimum absolute atomic E-state index is 0.459. The predicted octanol–water partition coefficient (Wildman–Crippen LogP) is 2.48. The number of hydrogen-bond donors (Lipinski definition) is 2. The predicted molar refractivity (Wildman–Crippen MR) is 61.6 cm³/mol. The van der Waals surface area contributed by atoms with E-state index in [1.807, 2.05) is 30.3 Å². The molecule has 78 valence electrons. The number of piperidine rings is 1. The van der Waals surface area contributed by atoms with Crippen LogP contribution < -0.4 is 0 Å². The van der Waals surface area contributed by atoms with Gasteiger partial charge in [-0.15, -0.1) is 0 Å². The van der Waals surface area contributed by atoms with E-state index in [1.54, 1.807) is 4.90 Å². The van der Waals surface area contributed by atoms with Crippen LogP contribution in [0.15, 0.2) is 30.3 Å². The van der Waals surface area contributed by atoms with Crippen molar-refractivity contribution >= 4 is 11.7 Å². The van der Waals surface area contributed by atoms with Crippen LogP contribution >= 0.6 is 0 Å². The molecule has 2 N–H and O–H groups in total. The first kappa shape index (κ1) is 9.90. The Balaban J connectivity index is 2.17. The lowest BCUT2D eigenvalue weighted by Crippen LogP contribution is -2.39. The van der Waals surface area contributed by atoms with Gasteiger partial charge in [-0.3, -0.25) is 10.8 Å². The normalized spacial score (nSPS) is 16.5. The molecule has 0 amide bonds. The lowest BCUT2D eigenvalue weighted by molar-refractivity contribution is 0.500. The second-order valence-electron chi connectivity index (χ2n) is 3.77. The van der Waals surface area contributed by atoms with E-state index >= 15 is 0 Å². The maximum Gasteiger partial charge on any atom is 0.133 e. The zero-order valence-electron chi connectivity index (χ0n) is 8.66. The molecule has 1 aromatic carbocycles. The van der Waals surface area contributed by atoms with Gasteiger partial charge in [0.1, 0.15) is 11.7 Å². The van der Waals surface area contributed by atoms with Gasteiger partial charge in [0, 0.05) is 18.5 Å². The van der Waals surface area contributed by atoms with Crippen LogP contribution in [0.5, 0.6) is 0 Å². The Labute approximate surface area is 89.7 Å². The van der Waals surface area contributed by atoms with Crippen molar-refractivity contribution < 1.29 is 0 Å². The van der Waals surface area contributed by atoms with E-state index in [0.29, 0.717) is 11.7 Å². The van der Waals surface area contributed by atoms with Crippen molar-refractivity contribution in [3.8, 4) is 0 Å². The summed E-state index contributed by atoms with van der Waals surface area (Å²) in [6.07, 6.45) is 2.96. The summed E-state index contributed by atoms with van der Waals surface area (Å²) in [4.78, 5) is 1.80. The van der Waals surface area contributed by atoms with E-state index in [-0.39, 0.29) is 0 Å². The molecule has 1 aliphatic rings. The number of hydrogen-bond acceptors (Lipinski definition) is 2. The van der Waals surface area contributed by atoms with Gasteiger partial charge in [-0.25, -0.2) is 0 Å². The summed E-state index contributed by atoms with van der Waals surface area (Å²) in [6, 6.07) is 9.64. The average Bonchev–Trinajstić information content (AvgIpc) is 2.30.